The van der Waals surface area contributed by atoms with Gasteiger partial charge in [0.2, 0.25) is 5.82 Å². The van der Waals surface area contributed by atoms with E-state index in [9.17, 15) is 27.9 Å². The average Bonchev–Trinajstić information content (AvgIpc) is 3.29. The lowest BCUT2D eigenvalue weighted by atomic mass is 9.94. The Morgan fingerprint density at radius 1 is 1.23 bits per heavy atom. The summed E-state index contributed by atoms with van der Waals surface area (Å²) < 4.78 is 49.0. The zero-order valence-corrected chi connectivity index (χ0v) is 20.1. The molecule has 15 heteroatoms. The third kappa shape index (κ3) is 4.84. The van der Waals surface area contributed by atoms with E-state index in [1.165, 1.54) is 36.1 Å². The van der Waals surface area contributed by atoms with Crippen molar-refractivity contribution in [2.45, 2.75) is 24.8 Å². The standard InChI is InChI=1S/C24H20F3N7O5/c1-23(18(35)20(36)31-13-5-6-14-16(9-13)39-33-19(14)28)22(37)34(7-8-38-23)17-4-2-3-15(32-17)12-10-29-21(30-11-12)24(25,26)27/h2-6,9-11,18,35H,7-8H2,1H3,(H2,28,33)(H,31,36)/t18?,23-/m1/s1. The van der Waals surface area contributed by atoms with Crippen molar-refractivity contribution >= 4 is 40.1 Å². The van der Waals surface area contributed by atoms with Crippen LogP contribution in [0.4, 0.5) is 30.5 Å². The maximum atomic E-state index is 13.5. The minimum Gasteiger partial charge on any atom is -0.380 e. The van der Waals surface area contributed by atoms with Crippen LogP contribution in [-0.4, -0.2) is 61.9 Å². The number of alkyl halides is 3. The smallest absolute Gasteiger partial charge is 0.380 e. The summed E-state index contributed by atoms with van der Waals surface area (Å²) in [5.74, 6) is -2.64. The van der Waals surface area contributed by atoms with E-state index in [-0.39, 0.29) is 41.7 Å². The van der Waals surface area contributed by atoms with Crippen LogP contribution in [0.5, 0.6) is 0 Å². The highest BCUT2D eigenvalue weighted by molar-refractivity contribution is 6.06. The number of fused-ring (bicyclic) bond motifs is 1. The number of halogens is 3. The van der Waals surface area contributed by atoms with Crippen LogP contribution in [0.1, 0.15) is 12.7 Å². The molecule has 4 aromatic rings. The van der Waals surface area contributed by atoms with Gasteiger partial charge >= 0.3 is 6.18 Å². The number of amides is 2. The monoisotopic (exact) mass is 543 g/mol. The van der Waals surface area contributed by atoms with Crippen LogP contribution in [-0.2, 0) is 20.5 Å². The Balaban J connectivity index is 1.35. The molecule has 1 unspecified atom stereocenters. The number of aromatic nitrogens is 4. The molecule has 4 N–H and O–H groups in total. The number of carbonyl (C=O) groups is 2. The van der Waals surface area contributed by atoms with E-state index in [2.05, 4.69) is 25.4 Å². The Bertz CT molecular complexity index is 1560. The van der Waals surface area contributed by atoms with Crippen molar-refractivity contribution in [3.63, 3.8) is 0 Å². The third-order valence-electron chi connectivity index (χ3n) is 6.14. The van der Waals surface area contributed by atoms with Gasteiger partial charge in [-0.15, -0.1) is 0 Å². The maximum Gasteiger partial charge on any atom is 0.451 e. The molecule has 5 rings (SSSR count). The second-order valence-electron chi connectivity index (χ2n) is 8.76. The molecule has 39 heavy (non-hydrogen) atoms. The number of rotatable bonds is 5. The molecule has 2 amide bonds. The molecule has 0 aliphatic carbocycles. The van der Waals surface area contributed by atoms with E-state index in [0.717, 1.165) is 12.4 Å². The van der Waals surface area contributed by atoms with Crippen molar-refractivity contribution in [3.8, 4) is 11.3 Å². The normalized spacial score (nSPS) is 18.8. The lowest BCUT2D eigenvalue weighted by molar-refractivity contribution is -0.170. The van der Waals surface area contributed by atoms with Gasteiger partial charge in [-0.2, -0.15) is 13.2 Å². The highest BCUT2D eigenvalue weighted by Crippen LogP contribution is 2.31. The predicted octanol–water partition coefficient (Wildman–Crippen LogP) is 2.40. The Labute approximate surface area is 217 Å². The number of nitrogen functional groups attached to an aromatic ring is 1. The Kier molecular flexibility index (Phi) is 6.40. The van der Waals surface area contributed by atoms with Gasteiger partial charge in [0, 0.05) is 29.7 Å². The highest BCUT2D eigenvalue weighted by Gasteiger charge is 2.50. The molecule has 0 radical (unpaired) electrons. The maximum absolute atomic E-state index is 13.5. The van der Waals surface area contributed by atoms with Gasteiger partial charge in [-0.25, -0.2) is 15.0 Å². The van der Waals surface area contributed by atoms with Crippen LogP contribution in [0.15, 0.2) is 53.3 Å². The van der Waals surface area contributed by atoms with Crippen molar-refractivity contribution in [1.29, 1.82) is 0 Å². The molecule has 1 saturated heterocycles. The number of pyridine rings is 1. The van der Waals surface area contributed by atoms with Crippen LogP contribution >= 0.6 is 0 Å². The molecule has 4 heterocycles. The summed E-state index contributed by atoms with van der Waals surface area (Å²) in [6.07, 6.45) is -4.66. The molecule has 1 fully saturated rings. The topological polar surface area (TPSA) is 170 Å². The summed E-state index contributed by atoms with van der Waals surface area (Å²) in [4.78, 5) is 38.6. The van der Waals surface area contributed by atoms with Crippen LogP contribution in [0.3, 0.4) is 0 Å². The van der Waals surface area contributed by atoms with Crippen LogP contribution in [0.2, 0.25) is 0 Å². The number of benzene rings is 1. The van der Waals surface area contributed by atoms with Gasteiger partial charge in [-0.3, -0.25) is 14.5 Å². The molecular weight excluding hydrogens is 523 g/mol. The first-order chi connectivity index (χ1) is 18.5. The predicted molar refractivity (Wildman–Crippen MR) is 130 cm³/mol. The number of hydrogen-bond donors (Lipinski definition) is 3. The molecule has 0 saturated carbocycles. The van der Waals surface area contributed by atoms with Crippen molar-refractivity contribution in [2.75, 3.05) is 29.1 Å². The molecule has 0 spiro atoms. The number of aliphatic hydroxyl groups excluding tert-OH is 1. The van der Waals surface area contributed by atoms with E-state index < -0.39 is 35.5 Å². The second kappa shape index (κ2) is 9.59. The van der Waals surface area contributed by atoms with E-state index >= 15 is 0 Å². The average molecular weight is 543 g/mol. The number of nitrogens with two attached hydrogens (primary N) is 1. The minimum atomic E-state index is -4.69. The van der Waals surface area contributed by atoms with Crippen LogP contribution < -0.4 is 16.0 Å². The first-order valence-electron chi connectivity index (χ1n) is 11.4. The lowest BCUT2D eigenvalue weighted by Crippen LogP contribution is -2.63. The number of ether oxygens (including phenoxy) is 1. The van der Waals surface area contributed by atoms with Gasteiger partial charge in [0.15, 0.2) is 23.1 Å². The number of nitrogens with one attached hydrogen (secondary N) is 1. The van der Waals surface area contributed by atoms with Gasteiger partial charge in [-0.05, 0) is 31.2 Å². The molecule has 1 aliphatic heterocycles. The quantitative estimate of drug-likeness (QED) is 0.340. The number of aliphatic hydroxyl groups is 1. The Morgan fingerprint density at radius 3 is 2.69 bits per heavy atom. The van der Waals surface area contributed by atoms with Crippen LogP contribution in [0.25, 0.3) is 22.2 Å². The molecule has 1 aliphatic rings. The Morgan fingerprint density at radius 2 is 1.97 bits per heavy atom. The van der Waals surface area contributed by atoms with E-state index in [1.54, 1.807) is 12.1 Å². The third-order valence-corrected chi connectivity index (χ3v) is 6.14. The summed E-state index contributed by atoms with van der Waals surface area (Å²) in [6, 6.07) is 9.13. The second-order valence-corrected chi connectivity index (χ2v) is 8.76. The summed E-state index contributed by atoms with van der Waals surface area (Å²) in [5, 5.41) is 17.6. The van der Waals surface area contributed by atoms with Crippen molar-refractivity contribution in [2.24, 2.45) is 0 Å². The number of carbonyl (C=O) groups excluding carboxylic acids is 2. The first kappa shape index (κ1) is 26.0. The van der Waals surface area contributed by atoms with E-state index in [0.29, 0.717) is 11.0 Å². The highest BCUT2D eigenvalue weighted by atomic mass is 19.4. The number of nitrogens with zero attached hydrogens (tertiary/aromatic N) is 5. The largest absolute Gasteiger partial charge is 0.451 e. The van der Waals surface area contributed by atoms with E-state index in [1.807, 2.05) is 0 Å². The zero-order chi connectivity index (χ0) is 27.9. The number of hydrogen-bond acceptors (Lipinski definition) is 10. The molecule has 0 bridgehead atoms. The zero-order valence-electron chi connectivity index (χ0n) is 20.1. The fraction of sp³-hybridized carbons (Fsp3) is 0.250. The van der Waals surface area contributed by atoms with Crippen molar-refractivity contribution in [1.82, 2.24) is 20.1 Å². The van der Waals surface area contributed by atoms with Gasteiger partial charge in [0.25, 0.3) is 11.8 Å². The summed E-state index contributed by atoms with van der Waals surface area (Å²) in [5.41, 5.74) is 4.69. The Hall–Kier alpha value is -4.63. The van der Waals surface area contributed by atoms with Crippen molar-refractivity contribution < 1.29 is 37.1 Å². The van der Waals surface area contributed by atoms with Gasteiger partial charge < -0.3 is 25.4 Å². The summed E-state index contributed by atoms with van der Waals surface area (Å²) >= 11 is 0. The van der Waals surface area contributed by atoms with Gasteiger partial charge in [-0.1, -0.05) is 11.2 Å². The SMILES string of the molecule is C[C@]1(C(O)C(=O)Nc2ccc3c(N)noc3c2)OCCN(c2cccc(-c3cnc(C(F)(F)F)nc3)n2)C1=O. The number of morpholine rings is 1. The molecule has 3 aromatic heterocycles. The molecule has 1 aromatic carbocycles. The molecular formula is C24H20F3N7O5. The minimum absolute atomic E-state index is 0.0365. The van der Waals surface area contributed by atoms with Gasteiger partial charge in [0.1, 0.15) is 5.82 Å². The molecule has 2 atom stereocenters. The van der Waals surface area contributed by atoms with Crippen molar-refractivity contribution in [3.05, 3.63) is 54.6 Å². The van der Waals surface area contributed by atoms with Gasteiger partial charge in [0.05, 0.1) is 24.2 Å². The first-order valence-corrected chi connectivity index (χ1v) is 11.4. The molecule has 12 nitrogen and oxygen atoms in total. The van der Waals surface area contributed by atoms with E-state index in [4.69, 9.17) is 15.0 Å². The lowest BCUT2D eigenvalue weighted by Gasteiger charge is -2.40. The van der Waals surface area contributed by atoms with Crippen LogP contribution in [0, 0.1) is 0 Å². The fourth-order valence-corrected chi connectivity index (χ4v) is 4.03. The number of anilines is 3. The summed E-state index contributed by atoms with van der Waals surface area (Å²) in [7, 11) is 0. The fourth-order valence-electron chi connectivity index (χ4n) is 4.03. The molecule has 202 valence electrons. The summed E-state index contributed by atoms with van der Waals surface area (Å²) in [6.45, 7) is 1.29.